The molecule has 0 spiro atoms. The van der Waals surface area contributed by atoms with E-state index in [1.54, 1.807) is 0 Å². The number of carbonyl (C=O) groups excluding carboxylic acids is 1. The number of rotatable bonds is 0. The maximum absolute atomic E-state index is 11.3. The normalized spacial score (nSPS) is 85.9. The Hall–Kier alpha value is 0.150. The van der Waals surface area contributed by atoms with Crippen LogP contribution in [0, 0.1) is 29.6 Å². The molecule has 0 aliphatic heterocycles. The summed E-state index contributed by atoms with van der Waals surface area (Å²) in [6.45, 7) is 0. The van der Waals surface area contributed by atoms with Crippen molar-refractivity contribution >= 4 is 21.7 Å². The Kier molecular flexibility index (Phi) is 0.327. The average Bonchev–Trinajstić information content (AvgIpc) is 2.38. The smallest absolute Gasteiger partial charge is 0.153 e. The molecule has 5 aliphatic rings. The molecular weight excluding hydrogens is 180 g/mol. The van der Waals surface area contributed by atoms with Crippen molar-refractivity contribution in [2.45, 2.75) is 4.32 Å². The van der Waals surface area contributed by atoms with E-state index in [4.69, 9.17) is 0 Å². The van der Waals surface area contributed by atoms with Gasteiger partial charge < -0.3 is 0 Å². The van der Waals surface area contributed by atoms with E-state index in [9.17, 15) is 4.79 Å². The molecule has 4 unspecified atom stereocenters. The number of halogens is 1. The first-order valence-electron chi connectivity index (χ1n) is 3.51. The van der Waals surface area contributed by atoms with Crippen molar-refractivity contribution in [3.8, 4) is 0 Å². The number of Topliss-reactive ketones (excluding diaryl/α,β-unsaturated/α-hetero) is 1. The van der Waals surface area contributed by atoms with Crippen LogP contribution in [0.25, 0.3) is 0 Å². The Morgan fingerprint density at radius 2 is 1.89 bits per heavy atom. The number of alkyl halides is 1. The third-order valence-electron chi connectivity index (χ3n) is 3.89. The van der Waals surface area contributed by atoms with E-state index in [0.717, 1.165) is 23.7 Å². The topological polar surface area (TPSA) is 17.1 Å². The predicted octanol–water partition coefficient (Wildman–Crippen LogP) is 0.825. The van der Waals surface area contributed by atoms with Crippen LogP contribution in [0.1, 0.15) is 0 Å². The van der Waals surface area contributed by atoms with Gasteiger partial charge in [-0.1, -0.05) is 15.9 Å². The summed E-state index contributed by atoms with van der Waals surface area (Å²) in [7, 11) is 0. The van der Waals surface area contributed by atoms with Crippen molar-refractivity contribution in [1.29, 1.82) is 0 Å². The van der Waals surface area contributed by atoms with Gasteiger partial charge in [0.2, 0.25) is 0 Å². The summed E-state index contributed by atoms with van der Waals surface area (Å²) >= 11 is 3.56. The van der Waals surface area contributed by atoms with Gasteiger partial charge >= 0.3 is 0 Å². The van der Waals surface area contributed by atoms with Crippen molar-refractivity contribution in [3.63, 3.8) is 0 Å². The molecule has 9 heavy (non-hydrogen) atoms. The molecule has 5 fully saturated rings. The van der Waals surface area contributed by atoms with E-state index in [-0.39, 0.29) is 4.32 Å². The first-order chi connectivity index (χ1) is 4.28. The maximum atomic E-state index is 11.3. The van der Waals surface area contributed by atoms with Crippen LogP contribution in [0.5, 0.6) is 0 Å². The molecule has 0 N–H and O–H groups in total. The van der Waals surface area contributed by atoms with Gasteiger partial charge in [0.15, 0.2) is 5.78 Å². The summed E-state index contributed by atoms with van der Waals surface area (Å²) in [6, 6.07) is 0. The predicted molar refractivity (Wildman–Crippen MR) is 34.1 cm³/mol. The Balaban J connectivity index is 2.13. The average molecular weight is 185 g/mol. The molecule has 2 bridgehead atoms. The molecule has 4 atom stereocenters. The van der Waals surface area contributed by atoms with Crippen molar-refractivity contribution in [2.75, 3.05) is 0 Å². The first kappa shape index (κ1) is 4.12. The van der Waals surface area contributed by atoms with Gasteiger partial charge in [0, 0.05) is 5.92 Å². The van der Waals surface area contributed by atoms with Gasteiger partial charge in [0.1, 0.15) is 0 Å². The fourth-order valence-electron chi connectivity index (χ4n) is 3.52. The molecule has 2 heteroatoms. The lowest BCUT2D eigenvalue weighted by Gasteiger charge is -2.02. The molecule has 0 radical (unpaired) electrons. The maximum Gasteiger partial charge on any atom is 0.153 e. The molecule has 0 aromatic rings. The highest BCUT2D eigenvalue weighted by Gasteiger charge is 2.99. The molecule has 5 saturated carbocycles. The lowest BCUT2D eigenvalue weighted by molar-refractivity contribution is -0.118. The monoisotopic (exact) mass is 184 g/mol. The second-order valence-corrected chi connectivity index (χ2v) is 5.18. The zero-order valence-corrected chi connectivity index (χ0v) is 6.26. The molecule has 0 amide bonds. The quantitative estimate of drug-likeness (QED) is 0.510. The third kappa shape index (κ3) is 0.174. The van der Waals surface area contributed by atoms with Gasteiger partial charge in [-0.15, -0.1) is 0 Å². The van der Waals surface area contributed by atoms with Gasteiger partial charge in [-0.05, 0) is 23.7 Å². The van der Waals surface area contributed by atoms with Gasteiger partial charge in [-0.25, -0.2) is 0 Å². The van der Waals surface area contributed by atoms with Crippen molar-refractivity contribution < 1.29 is 4.79 Å². The largest absolute Gasteiger partial charge is 0.298 e. The molecule has 0 heterocycles. The molecule has 1 nitrogen and oxygen atoms in total. The molecule has 46 valence electrons. The number of hydrogen-bond acceptors (Lipinski definition) is 1. The van der Waals surface area contributed by atoms with Crippen LogP contribution in [0.4, 0.5) is 0 Å². The number of carbonyl (C=O) groups is 1. The van der Waals surface area contributed by atoms with E-state index >= 15 is 0 Å². The number of hydrogen-bond donors (Lipinski definition) is 0. The Bertz CT molecular complexity index is 244. The zero-order chi connectivity index (χ0) is 5.96. The van der Waals surface area contributed by atoms with Gasteiger partial charge in [-0.3, -0.25) is 4.79 Å². The lowest BCUT2D eigenvalue weighted by Crippen LogP contribution is -2.11. The lowest BCUT2D eigenvalue weighted by atomic mass is 10.0. The molecule has 0 aromatic carbocycles. The van der Waals surface area contributed by atoms with E-state index in [1.807, 2.05) is 0 Å². The summed E-state index contributed by atoms with van der Waals surface area (Å²) in [5, 5.41) is 0. The van der Waals surface area contributed by atoms with Crippen LogP contribution in [0.2, 0.25) is 0 Å². The van der Waals surface area contributed by atoms with Crippen LogP contribution < -0.4 is 0 Å². The van der Waals surface area contributed by atoms with Crippen LogP contribution in [0.15, 0.2) is 0 Å². The summed E-state index contributed by atoms with van der Waals surface area (Å²) in [5.74, 6) is 4.43. The van der Waals surface area contributed by atoms with Gasteiger partial charge in [0.25, 0.3) is 0 Å². The van der Waals surface area contributed by atoms with E-state index in [1.165, 1.54) is 0 Å². The Morgan fingerprint density at radius 1 is 1.33 bits per heavy atom. The highest BCUT2D eigenvalue weighted by atomic mass is 79.9. The molecule has 5 rings (SSSR count). The summed E-state index contributed by atoms with van der Waals surface area (Å²) in [6.07, 6.45) is 0. The van der Waals surface area contributed by atoms with E-state index < -0.39 is 0 Å². The minimum absolute atomic E-state index is 0.0625. The Labute approximate surface area is 60.9 Å². The molecular formula is C7H5BrO. The van der Waals surface area contributed by atoms with Gasteiger partial charge in [0.05, 0.1) is 4.32 Å². The van der Waals surface area contributed by atoms with E-state index in [2.05, 4.69) is 15.9 Å². The summed E-state index contributed by atoms with van der Waals surface area (Å²) in [4.78, 5) is 11.3. The first-order valence-corrected chi connectivity index (χ1v) is 4.30. The van der Waals surface area contributed by atoms with Gasteiger partial charge in [-0.2, -0.15) is 0 Å². The number of ketones is 1. The second kappa shape index (κ2) is 0.714. The summed E-state index contributed by atoms with van der Waals surface area (Å²) < 4.78 is 0.0625. The fraction of sp³-hybridized carbons (Fsp3) is 0.857. The summed E-state index contributed by atoms with van der Waals surface area (Å²) in [5.41, 5.74) is 0. The second-order valence-electron chi connectivity index (χ2n) is 3.86. The fourth-order valence-corrected chi connectivity index (χ4v) is 4.83. The standard InChI is InChI=1S/C7H5BrO/c8-7-4-1-2(5(4)7)3(1)6(7)9/h1-5H. The van der Waals surface area contributed by atoms with Crippen molar-refractivity contribution in [3.05, 3.63) is 0 Å². The Morgan fingerprint density at radius 3 is 2.00 bits per heavy atom. The highest BCUT2D eigenvalue weighted by molar-refractivity contribution is 9.10. The zero-order valence-electron chi connectivity index (χ0n) is 4.67. The van der Waals surface area contributed by atoms with Crippen LogP contribution in [-0.4, -0.2) is 10.1 Å². The minimum Gasteiger partial charge on any atom is -0.298 e. The molecule has 5 aliphatic carbocycles. The minimum atomic E-state index is 0.0625. The molecule has 0 saturated heterocycles. The van der Waals surface area contributed by atoms with Crippen molar-refractivity contribution in [1.82, 2.24) is 0 Å². The van der Waals surface area contributed by atoms with Crippen LogP contribution >= 0.6 is 15.9 Å². The highest BCUT2D eigenvalue weighted by Crippen LogP contribution is 2.94. The van der Waals surface area contributed by atoms with Crippen molar-refractivity contribution in [2.24, 2.45) is 29.6 Å². The van der Waals surface area contributed by atoms with E-state index in [0.29, 0.717) is 11.7 Å². The van der Waals surface area contributed by atoms with Crippen LogP contribution in [0.3, 0.4) is 0 Å². The molecule has 0 aromatic heterocycles. The van der Waals surface area contributed by atoms with Crippen LogP contribution in [-0.2, 0) is 4.79 Å². The third-order valence-corrected chi connectivity index (χ3v) is 5.34. The SMILES string of the molecule is O=C1C2C3C2C2C3C12Br.